The summed E-state index contributed by atoms with van der Waals surface area (Å²) < 4.78 is 40.0. The lowest BCUT2D eigenvalue weighted by molar-refractivity contribution is -0.117. The van der Waals surface area contributed by atoms with Crippen molar-refractivity contribution in [2.45, 2.75) is 19.3 Å². The monoisotopic (exact) mass is 432 g/mol. The Bertz CT molecular complexity index is 877. The number of benzene rings is 2. The highest BCUT2D eigenvalue weighted by atomic mass is 19.3. The van der Waals surface area contributed by atoms with Crippen molar-refractivity contribution in [3.05, 3.63) is 65.7 Å². The summed E-state index contributed by atoms with van der Waals surface area (Å²) in [6.45, 7) is 0.525. The number of hydrogen-bond acceptors (Lipinski definition) is 5. The van der Waals surface area contributed by atoms with Crippen molar-refractivity contribution in [1.29, 1.82) is 0 Å². The van der Waals surface area contributed by atoms with Gasteiger partial charge in [-0.05, 0) is 29.3 Å². The first kappa shape index (κ1) is 22.7. The molecule has 1 aliphatic heterocycles. The summed E-state index contributed by atoms with van der Waals surface area (Å²) in [6.07, 6.45) is 2.88. The van der Waals surface area contributed by atoms with Gasteiger partial charge in [-0.1, -0.05) is 36.4 Å². The van der Waals surface area contributed by atoms with Gasteiger partial charge in [-0.3, -0.25) is 9.69 Å². The van der Waals surface area contributed by atoms with Gasteiger partial charge in [-0.25, -0.2) is 0 Å². The van der Waals surface area contributed by atoms with Crippen LogP contribution in [0, 0.1) is 0 Å². The van der Waals surface area contributed by atoms with E-state index in [-0.39, 0.29) is 23.5 Å². The van der Waals surface area contributed by atoms with Gasteiger partial charge in [-0.15, -0.1) is 0 Å². The molecule has 3 rings (SSSR count). The van der Waals surface area contributed by atoms with E-state index in [4.69, 9.17) is 9.47 Å². The van der Waals surface area contributed by atoms with E-state index in [2.05, 4.69) is 27.1 Å². The van der Waals surface area contributed by atoms with Gasteiger partial charge in [0.25, 0.3) is 0 Å². The normalized spacial score (nSPS) is 17.1. The number of nitrogens with one attached hydrogen (secondary N) is 1. The van der Waals surface area contributed by atoms with Gasteiger partial charge >= 0.3 is 6.61 Å². The molecule has 166 valence electrons. The number of morpholine rings is 1. The first-order valence-electron chi connectivity index (χ1n) is 10.00. The number of carbonyl (C=O) groups is 1. The summed E-state index contributed by atoms with van der Waals surface area (Å²) in [4.78, 5) is 14.5. The van der Waals surface area contributed by atoms with Gasteiger partial charge in [-0.2, -0.15) is 8.78 Å². The van der Waals surface area contributed by atoms with Gasteiger partial charge < -0.3 is 19.5 Å². The van der Waals surface area contributed by atoms with E-state index < -0.39 is 6.61 Å². The quantitative estimate of drug-likeness (QED) is 0.616. The highest BCUT2D eigenvalue weighted by Crippen LogP contribution is 2.29. The number of nitrogens with zero attached hydrogens (tertiary/aromatic N) is 1. The topological polar surface area (TPSA) is 60.0 Å². The SMILES string of the molecule is COc1cc(/C=C/C(=O)NCC2CN(Cc3ccccc3)CCO2)ccc1OC(F)F. The predicted octanol–water partition coefficient (Wildman–Crippen LogP) is 3.33. The fourth-order valence-corrected chi connectivity index (χ4v) is 3.32. The second-order valence-corrected chi connectivity index (χ2v) is 7.08. The Hall–Kier alpha value is -2.97. The van der Waals surface area contributed by atoms with Crippen LogP contribution in [0.4, 0.5) is 8.78 Å². The number of amides is 1. The van der Waals surface area contributed by atoms with Crippen molar-refractivity contribution in [3.8, 4) is 11.5 Å². The molecule has 1 N–H and O–H groups in total. The Balaban J connectivity index is 1.47. The summed E-state index contributed by atoms with van der Waals surface area (Å²) in [5.41, 5.74) is 1.87. The molecule has 1 fully saturated rings. The van der Waals surface area contributed by atoms with Crippen molar-refractivity contribution in [3.63, 3.8) is 0 Å². The molecular formula is C23H26F2N2O4. The van der Waals surface area contributed by atoms with E-state index in [1.807, 2.05) is 18.2 Å². The van der Waals surface area contributed by atoms with Gasteiger partial charge in [0.15, 0.2) is 11.5 Å². The standard InChI is InChI=1S/C23H26F2N2O4/c1-29-21-13-17(7-9-20(21)31-23(24)25)8-10-22(28)26-14-19-16-27(11-12-30-19)15-18-5-3-2-4-6-18/h2-10,13,19,23H,11-12,14-16H2,1H3,(H,26,28)/b10-8+. The summed E-state index contributed by atoms with van der Waals surface area (Å²) in [6, 6.07) is 14.7. The largest absolute Gasteiger partial charge is 0.493 e. The minimum absolute atomic E-state index is 0.0615. The second-order valence-electron chi connectivity index (χ2n) is 7.08. The van der Waals surface area contributed by atoms with Crippen molar-refractivity contribution in [2.75, 3.05) is 33.4 Å². The van der Waals surface area contributed by atoms with Crippen LogP contribution >= 0.6 is 0 Å². The zero-order valence-corrected chi connectivity index (χ0v) is 17.3. The maximum absolute atomic E-state index is 12.4. The summed E-state index contributed by atoms with van der Waals surface area (Å²) in [5, 5.41) is 2.84. The smallest absolute Gasteiger partial charge is 0.387 e. The molecule has 1 saturated heterocycles. The molecule has 0 bridgehead atoms. The molecule has 2 aromatic carbocycles. The molecule has 0 aromatic heterocycles. The third-order valence-corrected chi connectivity index (χ3v) is 4.81. The van der Waals surface area contributed by atoms with Crippen LogP contribution in [0.15, 0.2) is 54.6 Å². The number of methoxy groups -OCH3 is 1. The average molecular weight is 432 g/mol. The summed E-state index contributed by atoms with van der Waals surface area (Å²) >= 11 is 0. The van der Waals surface area contributed by atoms with E-state index in [0.717, 1.165) is 19.6 Å². The fourth-order valence-electron chi connectivity index (χ4n) is 3.32. The lowest BCUT2D eigenvalue weighted by atomic mass is 10.2. The van der Waals surface area contributed by atoms with Crippen LogP contribution in [0.1, 0.15) is 11.1 Å². The van der Waals surface area contributed by atoms with Crippen LogP contribution in [-0.2, 0) is 16.1 Å². The molecule has 2 aromatic rings. The van der Waals surface area contributed by atoms with Crippen LogP contribution < -0.4 is 14.8 Å². The molecule has 0 spiro atoms. The van der Waals surface area contributed by atoms with Gasteiger partial charge in [0.1, 0.15) is 0 Å². The Labute approximate surface area is 180 Å². The zero-order chi connectivity index (χ0) is 22.1. The number of halogens is 2. The number of rotatable bonds is 9. The van der Waals surface area contributed by atoms with Crippen LogP contribution in [0.2, 0.25) is 0 Å². The van der Waals surface area contributed by atoms with Crippen LogP contribution in [0.3, 0.4) is 0 Å². The predicted molar refractivity (Wildman–Crippen MR) is 113 cm³/mol. The van der Waals surface area contributed by atoms with Gasteiger partial charge in [0, 0.05) is 32.3 Å². The molecule has 1 aliphatic rings. The van der Waals surface area contributed by atoms with Crippen molar-refractivity contribution < 1.29 is 27.8 Å². The Morgan fingerprint density at radius 1 is 1.26 bits per heavy atom. The average Bonchev–Trinajstić information content (AvgIpc) is 2.77. The minimum atomic E-state index is -2.94. The van der Waals surface area contributed by atoms with E-state index in [1.165, 1.54) is 30.9 Å². The third kappa shape index (κ3) is 7.34. The lowest BCUT2D eigenvalue weighted by Gasteiger charge is -2.33. The highest BCUT2D eigenvalue weighted by molar-refractivity contribution is 5.91. The van der Waals surface area contributed by atoms with E-state index in [0.29, 0.717) is 18.7 Å². The molecule has 1 unspecified atom stereocenters. The van der Waals surface area contributed by atoms with E-state index in [9.17, 15) is 13.6 Å². The fraction of sp³-hybridized carbons (Fsp3) is 0.348. The zero-order valence-electron chi connectivity index (χ0n) is 17.3. The van der Waals surface area contributed by atoms with Gasteiger partial charge in [0.05, 0.1) is 19.8 Å². The van der Waals surface area contributed by atoms with Crippen molar-refractivity contribution in [1.82, 2.24) is 10.2 Å². The van der Waals surface area contributed by atoms with Crippen LogP contribution in [0.25, 0.3) is 6.08 Å². The molecule has 1 heterocycles. The molecule has 31 heavy (non-hydrogen) atoms. The molecule has 8 heteroatoms. The molecule has 1 amide bonds. The number of hydrogen-bond donors (Lipinski definition) is 1. The number of ether oxygens (including phenoxy) is 3. The Morgan fingerprint density at radius 3 is 2.81 bits per heavy atom. The lowest BCUT2D eigenvalue weighted by Crippen LogP contribution is -2.46. The number of alkyl halides is 2. The van der Waals surface area contributed by atoms with E-state index in [1.54, 1.807) is 12.1 Å². The highest BCUT2D eigenvalue weighted by Gasteiger charge is 2.20. The van der Waals surface area contributed by atoms with Crippen LogP contribution in [0.5, 0.6) is 11.5 Å². The molecule has 1 atom stereocenters. The number of carbonyl (C=O) groups excluding carboxylic acids is 1. The van der Waals surface area contributed by atoms with Crippen molar-refractivity contribution >= 4 is 12.0 Å². The first-order chi connectivity index (χ1) is 15.0. The molecule has 0 saturated carbocycles. The maximum atomic E-state index is 12.4. The van der Waals surface area contributed by atoms with E-state index >= 15 is 0 Å². The maximum Gasteiger partial charge on any atom is 0.387 e. The molecule has 0 radical (unpaired) electrons. The molecule has 0 aliphatic carbocycles. The molecular weight excluding hydrogens is 406 g/mol. The Kier molecular flexibility index (Phi) is 8.37. The summed E-state index contributed by atoms with van der Waals surface area (Å²) in [7, 11) is 1.36. The second kappa shape index (κ2) is 11.4. The van der Waals surface area contributed by atoms with Crippen LogP contribution in [-0.4, -0.2) is 56.9 Å². The minimum Gasteiger partial charge on any atom is -0.493 e. The summed E-state index contributed by atoms with van der Waals surface area (Å²) in [5.74, 6) is -0.166. The van der Waals surface area contributed by atoms with Crippen molar-refractivity contribution in [2.24, 2.45) is 0 Å². The Morgan fingerprint density at radius 2 is 2.06 bits per heavy atom. The third-order valence-electron chi connectivity index (χ3n) is 4.81. The van der Waals surface area contributed by atoms with Gasteiger partial charge in [0.2, 0.25) is 5.91 Å². The molecule has 6 nitrogen and oxygen atoms in total. The first-order valence-corrected chi connectivity index (χ1v) is 10.00.